The van der Waals surface area contributed by atoms with E-state index in [0.29, 0.717) is 17.8 Å². The molecule has 0 fully saturated rings. The van der Waals surface area contributed by atoms with Crippen molar-refractivity contribution in [2.24, 2.45) is 0 Å². The van der Waals surface area contributed by atoms with Gasteiger partial charge in [0.1, 0.15) is 6.54 Å². The van der Waals surface area contributed by atoms with Crippen molar-refractivity contribution in [3.05, 3.63) is 42.0 Å². The molecule has 0 saturated heterocycles. The molecule has 20 heavy (non-hydrogen) atoms. The minimum Gasteiger partial charge on any atom is -0.480 e. The maximum atomic E-state index is 12.6. The molecule has 1 aliphatic rings. The zero-order chi connectivity index (χ0) is 14.5. The van der Waals surface area contributed by atoms with Crippen LogP contribution in [0.2, 0.25) is 0 Å². The molecular formula is C15H18N2O3. The first-order valence-electron chi connectivity index (χ1n) is 6.65. The second-order valence-corrected chi connectivity index (χ2v) is 4.65. The summed E-state index contributed by atoms with van der Waals surface area (Å²) in [5.74, 6) is -1.03. The highest BCUT2D eigenvalue weighted by Gasteiger charge is 2.25. The van der Waals surface area contributed by atoms with Crippen LogP contribution in [0, 0.1) is 0 Å². The van der Waals surface area contributed by atoms with Gasteiger partial charge in [-0.3, -0.25) is 9.59 Å². The Morgan fingerprint density at radius 2 is 2.15 bits per heavy atom. The fourth-order valence-corrected chi connectivity index (χ4v) is 2.31. The predicted octanol–water partition coefficient (Wildman–Crippen LogP) is 1.97. The van der Waals surface area contributed by atoms with E-state index in [4.69, 9.17) is 5.11 Å². The van der Waals surface area contributed by atoms with Crippen LogP contribution in [0.4, 0.5) is 5.69 Å². The fourth-order valence-electron chi connectivity index (χ4n) is 2.31. The highest BCUT2D eigenvalue weighted by atomic mass is 16.4. The minimum atomic E-state index is -0.957. The molecule has 2 rings (SSSR count). The van der Waals surface area contributed by atoms with E-state index in [1.54, 1.807) is 29.2 Å². The van der Waals surface area contributed by atoms with Gasteiger partial charge in [0.05, 0.1) is 11.6 Å². The van der Waals surface area contributed by atoms with Crippen molar-refractivity contribution >= 4 is 17.6 Å². The van der Waals surface area contributed by atoms with E-state index >= 15 is 0 Å². The lowest BCUT2D eigenvalue weighted by atomic mass is 10.1. The maximum absolute atomic E-state index is 12.6. The van der Waals surface area contributed by atoms with Gasteiger partial charge in [-0.1, -0.05) is 31.2 Å². The number of carboxylic acid groups (broad SMARTS) is 1. The van der Waals surface area contributed by atoms with Gasteiger partial charge in [-0.25, -0.2) is 0 Å². The van der Waals surface area contributed by atoms with Crippen LogP contribution in [0.15, 0.2) is 36.4 Å². The number of hydrogen-bond donors (Lipinski definition) is 2. The van der Waals surface area contributed by atoms with Crippen molar-refractivity contribution < 1.29 is 14.7 Å². The van der Waals surface area contributed by atoms with E-state index < -0.39 is 5.97 Å². The number of carbonyl (C=O) groups excluding carboxylic acids is 1. The molecule has 0 saturated carbocycles. The van der Waals surface area contributed by atoms with Gasteiger partial charge in [-0.2, -0.15) is 0 Å². The molecule has 1 heterocycles. The lowest BCUT2D eigenvalue weighted by molar-refractivity contribution is -0.134. The van der Waals surface area contributed by atoms with Crippen LogP contribution in [0.25, 0.3) is 0 Å². The van der Waals surface area contributed by atoms with Gasteiger partial charge in [0.2, 0.25) is 0 Å². The molecule has 1 aromatic rings. The van der Waals surface area contributed by atoms with Gasteiger partial charge in [0.25, 0.3) is 5.91 Å². The normalized spacial score (nSPS) is 17.2. The van der Waals surface area contributed by atoms with Crippen LogP contribution in [0.1, 0.15) is 23.7 Å². The zero-order valence-corrected chi connectivity index (χ0v) is 11.4. The number of carboxylic acids is 1. The molecule has 1 aliphatic heterocycles. The first kappa shape index (κ1) is 14.1. The van der Waals surface area contributed by atoms with Crippen molar-refractivity contribution in [3.63, 3.8) is 0 Å². The third kappa shape index (κ3) is 2.99. The molecule has 2 N–H and O–H groups in total. The smallest absolute Gasteiger partial charge is 0.322 e. The predicted molar refractivity (Wildman–Crippen MR) is 76.8 cm³/mol. The van der Waals surface area contributed by atoms with Crippen LogP contribution >= 0.6 is 0 Å². The van der Waals surface area contributed by atoms with E-state index in [1.807, 2.05) is 19.1 Å². The summed E-state index contributed by atoms with van der Waals surface area (Å²) in [6.07, 6.45) is 4.89. The molecule has 0 bridgehead atoms. The lowest BCUT2D eigenvalue weighted by Gasteiger charge is -2.24. The third-order valence-electron chi connectivity index (χ3n) is 3.33. The summed E-state index contributed by atoms with van der Waals surface area (Å²) in [7, 11) is 0. The van der Waals surface area contributed by atoms with Gasteiger partial charge in [-0.15, -0.1) is 0 Å². The quantitative estimate of drug-likeness (QED) is 0.805. The number of para-hydroxylation sites is 1. The Morgan fingerprint density at radius 1 is 1.40 bits per heavy atom. The van der Waals surface area contributed by atoms with Gasteiger partial charge < -0.3 is 15.3 Å². The average molecular weight is 274 g/mol. The second kappa shape index (κ2) is 6.23. The first-order chi connectivity index (χ1) is 9.63. The highest BCUT2D eigenvalue weighted by Crippen LogP contribution is 2.21. The molecule has 5 heteroatoms. The fraction of sp³-hybridized carbons (Fsp3) is 0.333. The number of carbonyl (C=O) groups is 2. The summed E-state index contributed by atoms with van der Waals surface area (Å²) in [6, 6.07) is 7.12. The molecule has 1 atom stereocenters. The Kier molecular flexibility index (Phi) is 4.40. The van der Waals surface area contributed by atoms with Crippen molar-refractivity contribution in [1.82, 2.24) is 4.90 Å². The van der Waals surface area contributed by atoms with Crippen LogP contribution in [0.5, 0.6) is 0 Å². The maximum Gasteiger partial charge on any atom is 0.322 e. The Labute approximate surface area is 117 Å². The molecule has 106 valence electrons. The van der Waals surface area contributed by atoms with Crippen LogP contribution in [-0.2, 0) is 4.79 Å². The monoisotopic (exact) mass is 274 g/mol. The topological polar surface area (TPSA) is 69.6 Å². The molecule has 0 spiro atoms. The molecule has 0 aromatic heterocycles. The number of nitrogens with zero attached hydrogens (tertiary/aromatic N) is 1. The number of rotatable bonds is 5. The summed E-state index contributed by atoms with van der Waals surface area (Å²) in [5.41, 5.74) is 1.07. The third-order valence-corrected chi connectivity index (χ3v) is 3.33. The molecule has 5 nitrogen and oxygen atoms in total. The SMILES string of the molecule is CC[C@H]1C=CCN1C(=O)c1ccccc1NCC(=O)O. The van der Waals surface area contributed by atoms with Gasteiger partial charge in [-0.05, 0) is 18.6 Å². The van der Waals surface area contributed by atoms with E-state index in [1.165, 1.54) is 0 Å². The number of amides is 1. The van der Waals surface area contributed by atoms with Crippen molar-refractivity contribution in [1.29, 1.82) is 0 Å². The van der Waals surface area contributed by atoms with Crippen LogP contribution < -0.4 is 5.32 Å². The highest BCUT2D eigenvalue weighted by molar-refractivity contribution is 6.00. The number of hydrogen-bond acceptors (Lipinski definition) is 3. The lowest BCUT2D eigenvalue weighted by Crippen LogP contribution is -2.36. The number of anilines is 1. The molecule has 1 aromatic carbocycles. The van der Waals surface area contributed by atoms with Gasteiger partial charge in [0.15, 0.2) is 0 Å². The molecule has 1 amide bonds. The molecule has 0 radical (unpaired) electrons. The average Bonchev–Trinajstić information content (AvgIpc) is 2.93. The Hall–Kier alpha value is -2.30. The van der Waals surface area contributed by atoms with Gasteiger partial charge in [0, 0.05) is 12.2 Å². The zero-order valence-electron chi connectivity index (χ0n) is 11.4. The molecule has 0 aliphatic carbocycles. The van der Waals surface area contributed by atoms with Crippen LogP contribution in [-0.4, -0.2) is 41.0 Å². The summed E-state index contributed by atoms with van der Waals surface area (Å²) in [5, 5.41) is 11.5. The largest absolute Gasteiger partial charge is 0.480 e. The van der Waals surface area contributed by atoms with Gasteiger partial charge >= 0.3 is 5.97 Å². The standard InChI is InChI=1S/C15H18N2O3/c1-2-11-6-5-9-17(11)15(20)12-7-3-4-8-13(12)16-10-14(18)19/h3-8,11,16H,2,9-10H2,1H3,(H,18,19)/t11-/m0/s1. The van der Waals surface area contributed by atoms with E-state index in [-0.39, 0.29) is 18.5 Å². The number of benzene rings is 1. The van der Waals surface area contributed by atoms with Crippen LogP contribution in [0.3, 0.4) is 0 Å². The van der Waals surface area contributed by atoms with E-state index in [9.17, 15) is 9.59 Å². The number of nitrogens with one attached hydrogen (secondary N) is 1. The second-order valence-electron chi connectivity index (χ2n) is 4.65. The molecular weight excluding hydrogens is 256 g/mol. The first-order valence-corrected chi connectivity index (χ1v) is 6.65. The van der Waals surface area contributed by atoms with Crippen molar-refractivity contribution in [3.8, 4) is 0 Å². The van der Waals surface area contributed by atoms with E-state index in [0.717, 1.165) is 6.42 Å². The summed E-state index contributed by atoms with van der Waals surface area (Å²) in [4.78, 5) is 25.0. The summed E-state index contributed by atoms with van der Waals surface area (Å²) < 4.78 is 0. The summed E-state index contributed by atoms with van der Waals surface area (Å²) in [6.45, 7) is 2.43. The Bertz CT molecular complexity index is 540. The van der Waals surface area contributed by atoms with E-state index in [2.05, 4.69) is 5.32 Å². The van der Waals surface area contributed by atoms with Crippen molar-refractivity contribution in [2.45, 2.75) is 19.4 Å². The molecule has 0 unspecified atom stereocenters. The number of aliphatic carboxylic acids is 1. The summed E-state index contributed by atoms with van der Waals surface area (Å²) >= 11 is 0. The van der Waals surface area contributed by atoms with Crippen molar-refractivity contribution in [2.75, 3.05) is 18.4 Å². The Balaban J connectivity index is 2.19. The Morgan fingerprint density at radius 3 is 2.85 bits per heavy atom. The minimum absolute atomic E-state index is 0.0738.